The first-order valence-corrected chi connectivity index (χ1v) is 18.9. The number of aromatic nitrogens is 1. The van der Waals surface area contributed by atoms with Gasteiger partial charge >= 0.3 is 0 Å². The summed E-state index contributed by atoms with van der Waals surface area (Å²) in [6.07, 6.45) is 3.78. The van der Waals surface area contributed by atoms with Gasteiger partial charge in [0.25, 0.3) is 0 Å². The smallest absolute Gasteiger partial charge is 0.0645 e. The van der Waals surface area contributed by atoms with Crippen LogP contribution in [0.3, 0.4) is 0 Å². The minimum Gasteiger partial charge on any atom is -0.308 e. The Kier molecular flexibility index (Phi) is 7.21. The molecule has 256 valence electrons. The molecule has 0 spiro atoms. The van der Waals surface area contributed by atoms with Crippen LogP contribution in [-0.2, 0) is 0 Å². The first kappa shape index (κ1) is 31.3. The average molecular weight is 699 g/mol. The van der Waals surface area contributed by atoms with Crippen LogP contribution in [0.1, 0.15) is 0 Å². The van der Waals surface area contributed by atoms with Crippen molar-refractivity contribution in [2.45, 2.75) is 0 Å². The summed E-state index contributed by atoms with van der Waals surface area (Å²) in [7, 11) is 0. The van der Waals surface area contributed by atoms with Crippen molar-refractivity contribution in [2.24, 2.45) is 0 Å². The Morgan fingerprint density at radius 2 is 0.891 bits per heavy atom. The number of rotatable bonds is 6. The summed E-state index contributed by atoms with van der Waals surface area (Å²) in [6, 6.07) is 70.7. The van der Waals surface area contributed by atoms with Gasteiger partial charge in [0.05, 0.1) is 17.6 Å². The average Bonchev–Trinajstić information content (AvgIpc) is 3.59. The van der Waals surface area contributed by atoms with E-state index in [2.05, 4.69) is 198 Å². The molecule has 0 aliphatic heterocycles. The number of hydrogen-bond donors (Lipinski definition) is 0. The minimum absolute atomic E-state index is 1.01. The lowest BCUT2D eigenvalue weighted by atomic mass is 9.82. The van der Waals surface area contributed by atoms with Gasteiger partial charge in [-0.25, -0.2) is 0 Å². The molecule has 9 aromatic carbocycles. The van der Waals surface area contributed by atoms with Crippen molar-refractivity contribution >= 4 is 49.4 Å². The molecule has 1 heterocycles. The van der Waals surface area contributed by atoms with E-state index in [9.17, 15) is 0 Å². The van der Waals surface area contributed by atoms with Crippen LogP contribution in [0.4, 0.5) is 17.1 Å². The van der Waals surface area contributed by atoms with Gasteiger partial charge in [-0.05, 0) is 113 Å². The summed E-state index contributed by atoms with van der Waals surface area (Å²) in [5, 5.41) is 7.50. The van der Waals surface area contributed by atoms with Gasteiger partial charge in [-0.1, -0.05) is 164 Å². The molecule has 2 heteroatoms. The van der Waals surface area contributed by atoms with Crippen molar-refractivity contribution in [3.05, 3.63) is 207 Å². The molecule has 0 amide bonds. The predicted octanol–water partition coefficient (Wildman–Crippen LogP) is 14.7. The molecule has 0 saturated heterocycles. The largest absolute Gasteiger partial charge is 0.308 e. The lowest BCUT2D eigenvalue weighted by Crippen LogP contribution is -2.10. The molecule has 0 atom stereocenters. The molecule has 11 rings (SSSR count). The van der Waals surface area contributed by atoms with E-state index in [-0.39, 0.29) is 0 Å². The van der Waals surface area contributed by atoms with Crippen LogP contribution in [0.2, 0.25) is 0 Å². The fourth-order valence-corrected chi connectivity index (χ4v) is 8.99. The van der Waals surface area contributed by atoms with Crippen molar-refractivity contribution in [1.29, 1.82) is 0 Å². The van der Waals surface area contributed by atoms with Crippen molar-refractivity contribution < 1.29 is 0 Å². The van der Waals surface area contributed by atoms with Crippen molar-refractivity contribution in [3.8, 4) is 55.6 Å². The zero-order chi connectivity index (χ0) is 36.3. The topological polar surface area (TPSA) is 16.1 Å². The quantitative estimate of drug-likeness (QED) is 0.172. The monoisotopic (exact) mass is 698 g/mol. The first-order valence-electron chi connectivity index (χ1n) is 18.9. The number of nitrogens with zero attached hydrogens (tertiary/aromatic N) is 2. The van der Waals surface area contributed by atoms with E-state index in [1.165, 1.54) is 88.0 Å². The number of benzene rings is 9. The highest BCUT2D eigenvalue weighted by Crippen LogP contribution is 2.58. The Morgan fingerprint density at radius 1 is 0.345 bits per heavy atom. The molecule has 0 N–H and O–H groups in total. The number of pyridine rings is 1. The van der Waals surface area contributed by atoms with Gasteiger partial charge in [-0.2, -0.15) is 0 Å². The normalized spacial score (nSPS) is 11.6. The lowest BCUT2D eigenvalue weighted by Gasteiger charge is -2.27. The van der Waals surface area contributed by atoms with E-state index in [4.69, 9.17) is 0 Å². The van der Waals surface area contributed by atoms with Gasteiger partial charge in [-0.15, -0.1) is 0 Å². The van der Waals surface area contributed by atoms with Gasteiger partial charge in [0.2, 0.25) is 0 Å². The van der Waals surface area contributed by atoms with Crippen LogP contribution < -0.4 is 4.90 Å². The standard InChI is InChI=1S/C53H34N2/c1-3-16-36(17-4-1)49-44-25-9-10-26-45(44)50(37-18-5-2-6-19-37)53-47-31-30-41(43-27-13-28-46(51(43)47)52(49)53)38-21-11-22-39(33-38)55(40-23-14-32-54-34-40)48-29-12-20-35-15-7-8-24-42(35)48/h1-34H. The third-order valence-corrected chi connectivity index (χ3v) is 11.2. The molecular formula is C53H34N2. The van der Waals surface area contributed by atoms with Crippen LogP contribution >= 0.6 is 0 Å². The Morgan fingerprint density at radius 3 is 1.60 bits per heavy atom. The highest BCUT2D eigenvalue weighted by Gasteiger charge is 2.31. The second kappa shape index (κ2) is 12.7. The van der Waals surface area contributed by atoms with Gasteiger partial charge in [0.1, 0.15) is 0 Å². The summed E-state index contributed by atoms with van der Waals surface area (Å²) < 4.78 is 0. The molecule has 1 aliphatic carbocycles. The molecule has 0 unspecified atom stereocenters. The Balaban J connectivity index is 1.16. The summed E-state index contributed by atoms with van der Waals surface area (Å²) in [6.45, 7) is 0. The van der Waals surface area contributed by atoms with E-state index >= 15 is 0 Å². The number of hydrogen-bond acceptors (Lipinski definition) is 2. The van der Waals surface area contributed by atoms with E-state index in [0.29, 0.717) is 0 Å². The zero-order valence-corrected chi connectivity index (χ0v) is 30.0. The van der Waals surface area contributed by atoms with Crippen molar-refractivity contribution in [1.82, 2.24) is 4.98 Å². The van der Waals surface area contributed by atoms with Crippen LogP contribution in [0, 0.1) is 0 Å². The summed E-state index contributed by atoms with van der Waals surface area (Å²) >= 11 is 0. The molecular weight excluding hydrogens is 665 g/mol. The third-order valence-electron chi connectivity index (χ3n) is 11.2. The van der Waals surface area contributed by atoms with Crippen LogP contribution in [0.5, 0.6) is 0 Å². The van der Waals surface area contributed by atoms with Crippen LogP contribution in [0.25, 0.3) is 88.0 Å². The molecule has 0 radical (unpaired) electrons. The number of fused-ring (bicyclic) bond motifs is 5. The summed E-state index contributed by atoms with van der Waals surface area (Å²) in [4.78, 5) is 6.87. The lowest BCUT2D eigenvalue weighted by molar-refractivity contribution is 1.24. The highest BCUT2D eigenvalue weighted by molar-refractivity contribution is 6.28. The molecule has 1 aliphatic rings. The van der Waals surface area contributed by atoms with Gasteiger partial charge < -0.3 is 4.90 Å². The van der Waals surface area contributed by atoms with Crippen LogP contribution in [-0.4, -0.2) is 4.98 Å². The fourth-order valence-electron chi connectivity index (χ4n) is 8.99. The molecule has 1 aromatic heterocycles. The van der Waals surface area contributed by atoms with Gasteiger partial charge in [-0.3, -0.25) is 4.98 Å². The van der Waals surface area contributed by atoms with E-state index in [1.54, 1.807) is 0 Å². The van der Waals surface area contributed by atoms with Gasteiger partial charge in [0, 0.05) is 17.3 Å². The maximum absolute atomic E-state index is 4.54. The Hall–Kier alpha value is -7.29. The van der Waals surface area contributed by atoms with Crippen LogP contribution in [0.15, 0.2) is 207 Å². The Bertz CT molecular complexity index is 2980. The summed E-state index contributed by atoms with van der Waals surface area (Å²) in [5.41, 5.74) is 15.8. The highest BCUT2D eigenvalue weighted by atomic mass is 15.1. The van der Waals surface area contributed by atoms with Gasteiger partial charge in [0.15, 0.2) is 0 Å². The van der Waals surface area contributed by atoms with Crippen molar-refractivity contribution in [3.63, 3.8) is 0 Å². The van der Waals surface area contributed by atoms with E-state index in [1.807, 2.05) is 18.5 Å². The third kappa shape index (κ3) is 4.92. The zero-order valence-electron chi connectivity index (χ0n) is 30.0. The predicted molar refractivity (Wildman–Crippen MR) is 232 cm³/mol. The molecule has 0 bridgehead atoms. The maximum atomic E-state index is 4.54. The minimum atomic E-state index is 1.01. The second-order valence-electron chi connectivity index (χ2n) is 14.3. The molecule has 55 heavy (non-hydrogen) atoms. The maximum Gasteiger partial charge on any atom is 0.0645 e. The van der Waals surface area contributed by atoms with E-state index in [0.717, 1.165) is 17.1 Å². The number of anilines is 3. The summed E-state index contributed by atoms with van der Waals surface area (Å²) in [5.74, 6) is 0. The second-order valence-corrected chi connectivity index (χ2v) is 14.3. The Labute approximate surface area is 320 Å². The van der Waals surface area contributed by atoms with Crippen molar-refractivity contribution in [2.75, 3.05) is 4.90 Å². The SMILES string of the molecule is c1ccc(-c2c3c(c(-c4ccccc4)c4ccccc24)-c2ccc(-c4cccc(N(c5cccnc5)c5cccc6ccccc56)c4)c4cccc-3c24)cc1. The molecule has 10 aromatic rings. The molecule has 0 fully saturated rings. The molecule has 2 nitrogen and oxygen atoms in total. The first-order chi connectivity index (χ1) is 27.3. The fraction of sp³-hybridized carbons (Fsp3) is 0. The molecule has 0 saturated carbocycles. The van der Waals surface area contributed by atoms with E-state index < -0.39 is 0 Å².